The third kappa shape index (κ3) is 5.12. The van der Waals surface area contributed by atoms with Crippen molar-refractivity contribution in [1.29, 1.82) is 0 Å². The van der Waals surface area contributed by atoms with E-state index in [2.05, 4.69) is 5.32 Å². The zero-order valence-electron chi connectivity index (χ0n) is 13.6. The van der Waals surface area contributed by atoms with E-state index in [4.69, 9.17) is 4.74 Å². The van der Waals surface area contributed by atoms with Gasteiger partial charge in [0.25, 0.3) is 5.91 Å². The molecule has 2 rings (SSSR count). The Morgan fingerprint density at radius 1 is 1.08 bits per heavy atom. The normalized spacial score (nSPS) is 11.5. The molecule has 0 aliphatic heterocycles. The summed E-state index contributed by atoms with van der Waals surface area (Å²) >= 11 is 0. The fourth-order valence-electron chi connectivity index (χ4n) is 2.20. The van der Waals surface area contributed by atoms with Gasteiger partial charge in [-0.3, -0.25) is 4.79 Å². The van der Waals surface area contributed by atoms with Gasteiger partial charge in [0.2, 0.25) is 0 Å². The van der Waals surface area contributed by atoms with Crippen molar-refractivity contribution in [2.24, 2.45) is 0 Å². The summed E-state index contributed by atoms with van der Waals surface area (Å²) in [4.78, 5) is 24.5. The standard InChI is InChI=1S/C19H21NO4/c1-2-3-12-17(20-18(22)14-8-5-4-6-9-14)24-19(23)15-10-7-11-16(21)13-15/h4-11,13,17,21H,2-3,12H2,1H3,(H,20,22). The monoisotopic (exact) mass is 327 g/mol. The third-order valence-electron chi connectivity index (χ3n) is 3.48. The van der Waals surface area contributed by atoms with E-state index in [1.165, 1.54) is 12.1 Å². The molecule has 24 heavy (non-hydrogen) atoms. The summed E-state index contributed by atoms with van der Waals surface area (Å²) in [7, 11) is 0. The second-order valence-corrected chi connectivity index (χ2v) is 5.43. The number of ether oxygens (including phenoxy) is 1. The van der Waals surface area contributed by atoms with E-state index in [1.54, 1.807) is 36.4 Å². The molecule has 5 heteroatoms. The van der Waals surface area contributed by atoms with Crippen LogP contribution in [0.15, 0.2) is 54.6 Å². The Balaban J connectivity index is 2.05. The molecule has 0 radical (unpaired) electrons. The molecule has 1 atom stereocenters. The molecule has 2 aromatic carbocycles. The van der Waals surface area contributed by atoms with E-state index in [9.17, 15) is 14.7 Å². The average molecular weight is 327 g/mol. The van der Waals surface area contributed by atoms with Gasteiger partial charge in [0.15, 0.2) is 6.23 Å². The largest absolute Gasteiger partial charge is 0.508 e. The lowest BCUT2D eigenvalue weighted by molar-refractivity contribution is 0.0188. The maximum absolute atomic E-state index is 12.2. The molecule has 2 N–H and O–H groups in total. The molecule has 1 amide bonds. The number of hydrogen-bond acceptors (Lipinski definition) is 4. The van der Waals surface area contributed by atoms with Crippen LogP contribution in [0.3, 0.4) is 0 Å². The highest BCUT2D eigenvalue weighted by Crippen LogP contribution is 2.14. The van der Waals surface area contributed by atoms with Crippen LogP contribution >= 0.6 is 0 Å². The van der Waals surface area contributed by atoms with Crippen LogP contribution in [0, 0.1) is 0 Å². The van der Waals surface area contributed by atoms with Gasteiger partial charge < -0.3 is 15.2 Å². The van der Waals surface area contributed by atoms with Gasteiger partial charge in [0.05, 0.1) is 5.56 Å². The molecule has 0 spiro atoms. The number of phenols is 1. The van der Waals surface area contributed by atoms with Crippen LogP contribution in [0.2, 0.25) is 0 Å². The van der Waals surface area contributed by atoms with Crippen LogP contribution in [0.1, 0.15) is 46.9 Å². The second-order valence-electron chi connectivity index (χ2n) is 5.43. The van der Waals surface area contributed by atoms with Crippen LogP contribution < -0.4 is 5.32 Å². The van der Waals surface area contributed by atoms with Crippen molar-refractivity contribution in [3.05, 3.63) is 65.7 Å². The smallest absolute Gasteiger partial charge is 0.340 e. The van der Waals surface area contributed by atoms with Crippen LogP contribution in [-0.2, 0) is 4.74 Å². The molecular formula is C19H21NO4. The van der Waals surface area contributed by atoms with Crippen molar-refractivity contribution in [2.75, 3.05) is 0 Å². The minimum Gasteiger partial charge on any atom is -0.508 e. The first-order chi connectivity index (χ1) is 11.6. The van der Waals surface area contributed by atoms with Crippen molar-refractivity contribution >= 4 is 11.9 Å². The van der Waals surface area contributed by atoms with Gasteiger partial charge in [-0.25, -0.2) is 4.79 Å². The van der Waals surface area contributed by atoms with E-state index in [0.29, 0.717) is 12.0 Å². The first kappa shape index (κ1) is 17.5. The molecule has 0 fully saturated rings. The Morgan fingerprint density at radius 2 is 1.79 bits per heavy atom. The highest BCUT2D eigenvalue weighted by atomic mass is 16.6. The molecule has 0 saturated carbocycles. The molecule has 5 nitrogen and oxygen atoms in total. The number of unbranched alkanes of at least 4 members (excludes halogenated alkanes) is 1. The molecule has 0 aliphatic rings. The molecule has 0 heterocycles. The van der Waals surface area contributed by atoms with E-state index < -0.39 is 12.2 Å². The zero-order chi connectivity index (χ0) is 17.4. The van der Waals surface area contributed by atoms with E-state index in [1.807, 2.05) is 13.0 Å². The Morgan fingerprint density at radius 3 is 2.46 bits per heavy atom. The van der Waals surface area contributed by atoms with Crippen molar-refractivity contribution in [2.45, 2.75) is 32.4 Å². The van der Waals surface area contributed by atoms with Gasteiger partial charge in [-0.15, -0.1) is 0 Å². The first-order valence-corrected chi connectivity index (χ1v) is 7.96. The van der Waals surface area contributed by atoms with Crippen LogP contribution in [0.5, 0.6) is 5.75 Å². The number of nitrogens with one attached hydrogen (secondary N) is 1. The molecular weight excluding hydrogens is 306 g/mol. The quantitative estimate of drug-likeness (QED) is 0.603. The summed E-state index contributed by atoms with van der Waals surface area (Å²) in [6, 6.07) is 14.7. The summed E-state index contributed by atoms with van der Waals surface area (Å²) in [6.07, 6.45) is 1.54. The lowest BCUT2D eigenvalue weighted by Crippen LogP contribution is -2.38. The van der Waals surface area contributed by atoms with Gasteiger partial charge in [-0.1, -0.05) is 37.6 Å². The summed E-state index contributed by atoms with van der Waals surface area (Å²) in [5, 5.41) is 12.2. The van der Waals surface area contributed by atoms with Crippen molar-refractivity contribution in [3.63, 3.8) is 0 Å². The fraction of sp³-hybridized carbons (Fsp3) is 0.263. The van der Waals surface area contributed by atoms with Crippen molar-refractivity contribution < 1.29 is 19.4 Å². The van der Waals surface area contributed by atoms with Gasteiger partial charge in [-0.05, 0) is 36.8 Å². The summed E-state index contributed by atoms with van der Waals surface area (Å²) in [5.41, 5.74) is 0.748. The Kier molecular flexibility index (Phi) is 6.37. The lowest BCUT2D eigenvalue weighted by Gasteiger charge is -2.19. The predicted molar refractivity (Wildman–Crippen MR) is 90.7 cm³/mol. The maximum Gasteiger partial charge on any atom is 0.340 e. The molecule has 2 aromatic rings. The van der Waals surface area contributed by atoms with Crippen LogP contribution in [0.25, 0.3) is 0 Å². The van der Waals surface area contributed by atoms with E-state index in [0.717, 1.165) is 12.8 Å². The SMILES string of the molecule is CCCCC(NC(=O)c1ccccc1)OC(=O)c1cccc(O)c1. The molecule has 0 saturated heterocycles. The number of phenolic OH excluding ortho intramolecular Hbond substituents is 1. The van der Waals surface area contributed by atoms with Crippen LogP contribution in [-0.4, -0.2) is 23.2 Å². The highest BCUT2D eigenvalue weighted by Gasteiger charge is 2.18. The number of benzene rings is 2. The number of carbonyl (C=O) groups excluding carboxylic acids is 2. The van der Waals surface area contributed by atoms with E-state index >= 15 is 0 Å². The first-order valence-electron chi connectivity index (χ1n) is 7.96. The van der Waals surface area contributed by atoms with E-state index in [-0.39, 0.29) is 17.2 Å². The molecule has 0 bridgehead atoms. The summed E-state index contributed by atoms with van der Waals surface area (Å²) in [5.74, 6) is -0.886. The zero-order valence-corrected chi connectivity index (χ0v) is 13.6. The molecule has 0 aromatic heterocycles. The third-order valence-corrected chi connectivity index (χ3v) is 3.48. The Hall–Kier alpha value is -2.82. The van der Waals surface area contributed by atoms with Crippen molar-refractivity contribution in [3.8, 4) is 5.75 Å². The van der Waals surface area contributed by atoms with Gasteiger partial charge in [0, 0.05) is 12.0 Å². The minimum absolute atomic E-state index is 0.0112. The van der Waals surface area contributed by atoms with Crippen molar-refractivity contribution in [1.82, 2.24) is 5.32 Å². The summed E-state index contributed by atoms with van der Waals surface area (Å²) < 4.78 is 5.40. The van der Waals surface area contributed by atoms with Gasteiger partial charge in [0.1, 0.15) is 5.75 Å². The minimum atomic E-state index is -0.715. The highest BCUT2D eigenvalue weighted by molar-refractivity contribution is 5.94. The van der Waals surface area contributed by atoms with Gasteiger partial charge in [-0.2, -0.15) is 0 Å². The lowest BCUT2D eigenvalue weighted by atomic mass is 10.2. The Labute approximate surface area is 141 Å². The average Bonchev–Trinajstić information content (AvgIpc) is 2.60. The number of carbonyl (C=O) groups is 2. The number of rotatable bonds is 7. The van der Waals surface area contributed by atoms with Gasteiger partial charge >= 0.3 is 5.97 Å². The second kappa shape index (κ2) is 8.72. The topological polar surface area (TPSA) is 75.6 Å². The number of esters is 1. The maximum atomic E-state index is 12.2. The number of aromatic hydroxyl groups is 1. The predicted octanol–water partition coefficient (Wildman–Crippen LogP) is 3.50. The summed E-state index contributed by atoms with van der Waals surface area (Å²) in [6.45, 7) is 2.02. The van der Waals surface area contributed by atoms with Crippen LogP contribution in [0.4, 0.5) is 0 Å². The number of hydrogen-bond donors (Lipinski definition) is 2. The fourth-order valence-corrected chi connectivity index (χ4v) is 2.20. The molecule has 126 valence electrons. The Bertz CT molecular complexity index is 685. The molecule has 1 unspecified atom stereocenters. The number of amides is 1. The molecule has 0 aliphatic carbocycles.